The van der Waals surface area contributed by atoms with E-state index in [2.05, 4.69) is 26.8 Å². The lowest BCUT2D eigenvalue weighted by molar-refractivity contribution is -0.133. The topological polar surface area (TPSA) is 77.8 Å². The lowest BCUT2D eigenvalue weighted by Gasteiger charge is -2.58. The molecule has 0 heterocycles. The molecule has 3 fully saturated rings. The Labute approximate surface area is 187 Å². The van der Waals surface area contributed by atoms with Crippen LogP contribution in [0.2, 0.25) is 0 Å². The van der Waals surface area contributed by atoms with Crippen molar-refractivity contribution in [1.82, 2.24) is 0 Å². The molecule has 0 radical (unpaired) electrons. The van der Waals surface area contributed by atoms with Crippen molar-refractivity contribution in [3.05, 3.63) is 23.3 Å². The maximum Gasteiger partial charge on any atom is 0.333 e. The van der Waals surface area contributed by atoms with Gasteiger partial charge in [0.05, 0.1) is 18.3 Å². The monoisotopic (exact) mass is 430 g/mol. The minimum Gasteiger partial charge on any atom is -0.478 e. The van der Waals surface area contributed by atoms with Crippen LogP contribution in [0.25, 0.3) is 0 Å². The molecule has 0 aromatic carbocycles. The van der Waals surface area contributed by atoms with Gasteiger partial charge in [0.2, 0.25) is 0 Å². The normalized spacial score (nSPS) is 43.5. The van der Waals surface area contributed by atoms with Crippen LogP contribution in [0.1, 0.15) is 85.0 Å². The third kappa shape index (κ3) is 3.93. The largest absolute Gasteiger partial charge is 0.478 e. The molecule has 4 heteroatoms. The average molecular weight is 431 g/mol. The van der Waals surface area contributed by atoms with Crippen molar-refractivity contribution in [1.29, 1.82) is 0 Å². The molecule has 0 spiro atoms. The van der Waals surface area contributed by atoms with Crippen LogP contribution in [0.5, 0.6) is 0 Å². The minimum atomic E-state index is -1.00. The first-order chi connectivity index (χ1) is 14.7. The van der Waals surface area contributed by atoms with Crippen LogP contribution in [0.3, 0.4) is 0 Å². The molecular weight excluding hydrogens is 388 g/mol. The highest BCUT2D eigenvalue weighted by molar-refractivity contribution is 5.86. The van der Waals surface area contributed by atoms with Gasteiger partial charge < -0.3 is 15.3 Å². The van der Waals surface area contributed by atoms with E-state index in [0.29, 0.717) is 22.7 Å². The van der Waals surface area contributed by atoms with E-state index in [0.717, 1.165) is 49.9 Å². The van der Waals surface area contributed by atoms with Crippen molar-refractivity contribution in [2.75, 3.05) is 6.61 Å². The van der Waals surface area contributed by atoms with Crippen LogP contribution in [-0.2, 0) is 4.79 Å². The van der Waals surface area contributed by atoms with Crippen LogP contribution in [0, 0.1) is 40.4 Å². The second kappa shape index (κ2) is 8.67. The summed E-state index contributed by atoms with van der Waals surface area (Å²) >= 11 is 0. The number of fused-ring (bicyclic) bond motifs is 5. The van der Waals surface area contributed by atoms with Crippen molar-refractivity contribution in [3.8, 4) is 0 Å². The first-order valence-electron chi connectivity index (χ1n) is 12.6. The Morgan fingerprint density at radius 1 is 1.19 bits per heavy atom. The van der Waals surface area contributed by atoms with E-state index in [9.17, 15) is 15.0 Å². The number of carboxylic acids is 1. The summed E-state index contributed by atoms with van der Waals surface area (Å²) in [4.78, 5) is 11.1. The van der Waals surface area contributed by atoms with Crippen LogP contribution in [-0.4, -0.2) is 34.0 Å². The number of aliphatic carboxylic acids is 1. The first-order valence-corrected chi connectivity index (χ1v) is 12.6. The third-order valence-corrected chi connectivity index (χ3v) is 10.3. The summed E-state index contributed by atoms with van der Waals surface area (Å²) in [6.45, 7) is 7.02. The Morgan fingerprint density at radius 3 is 2.68 bits per heavy atom. The van der Waals surface area contributed by atoms with Gasteiger partial charge in [-0.3, -0.25) is 0 Å². The Morgan fingerprint density at radius 2 is 1.97 bits per heavy atom. The number of aliphatic hydroxyl groups excluding tert-OH is 2. The predicted molar refractivity (Wildman–Crippen MR) is 122 cm³/mol. The van der Waals surface area contributed by atoms with Crippen molar-refractivity contribution in [2.24, 2.45) is 40.4 Å². The van der Waals surface area contributed by atoms with Crippen LogP contribution >= 0.6 is 0 Å². The zero-order chi connectivity index (χ0) is 22.4. The number of hydrogen-bond acceptors (Lipinski definition) is 3. The molecule has 3 N–H and O–H groups in total. The molecule has 31 heavy (non-hydrogen) atoms. The summed E-state index contributed by atoms with van der Waals surface area (Å²) < 4.78 is 0. The number of aliphatic hydroxyl groups is 2. The molecular formula is C27H42O4. The van der Waals surface area contributed by atoms with Gasteiger partial charge in [-0.15, -0.1) is 0 Å². The van der Waals surface area contributed by atoms with Gasteiger partial charge in [-0.25, -0.2) is 4.79 Å². The molecule has 0 aromatic rings. The van der Waals surface area contributed by atoms with Gasteiger partial charge in [-0.05, 0) is 105 Å². The predicted octanol–water partition coefficient (Wildman–Crippen LogP) is 5.35. The minimum absolute atomic E-state index is 0.124. The smallest absolute Gasteiger partial charge is 0.333 e. The SMILES string of the molecule is C[C@H](CC/C=C(/CO)C(=O)O)C1CCC2C3CC=C4CC(O)CC[C@]4(C)C3CCC21C. The highest BCUT2D eigenvalue weighted by Gasteiger charge is 2.59. The van der Waals surface area contributed by atoms with E-state index in [1.807, 2.05) is 0 Å². The van der Waals surface area contributed by atoms with Gasteiger partial charge in [0.15, 0.2) is 0 Å². The highest BCUT2D eigenvalue weighted by atomic mass is 16.4. The van der Waals surface area contributed by atoms with Crippen molar-refractivity contribution in [2.45, 2.75) is 91.1 Å². The van der Waals surface area contributed by atoms with Crippen LogP contribution < -0.4 is 0 Å². The van der Waals surface area contributed by atoms with Crippen molar-refractivity contribution >= 4 is 5.97 Å². The number of allylic oxidation sites excluding steroid dienone is 2. The Kier molecular flexibility index (Phi) is 6.44. The molecule has 0 aliphatic heterocycles. The van der Waals surface area contributed by atoms with Crippen molar-refractivity contribution < 1.29 is 20.1 Å². The number of hydrogen-bond donors (Lipinski definition) is 3. The lowest BCUT2D eigenvalue weighted by Crippen LogP contribution is -2.50. The maximum atomic E-state index is 11.1. The molecule has 6 unspecified atom stereocenters. The summed E-state index contributed by atoms with van der Waals surface area (Å²) in [5.41, 5.74) is 2.37. The van der Waals surface area contributed by atoms with Crippen LogP contribution in [0.4, 0.5) is 0 Å². The average Bonchev–Trinajstić information content (AvgIpc) is 3.08. The molecule has 0 bridgehead atoms. The second-order valence-electron chi connectivity index (χ2n) is 11.6. The van der Waals surface area contributed by atoms with Crippen molar-refractivity contribution in [3.63, 3.8) is 0 Å². The molecule has 4 rings (SSSR count). The van der Waals surface area contributed by atoms with E-state index in [-0.39, 0.29) is 18.3 Å². The van der Waals surface area contributed by atoms with E-state index < -0.39 is 5.97 Å². The molecule has 4 aliphatic carbocycles. The molecule has 0 aromatic heterocycles. The van der Waals surface area contributed by atoms with Gasteiger partial charge in [0.25, 0.3) is 0 Å². The van der Waals surface area contributed by atoms with E-state index in [1.54, 1.807) is 11.6 Å². The number of carboxylic acid groups (broad SMARTS) is 1. The fourth-order valence-corrected chi connectivity index (χ4v) is 8.56. The summed E-state index contributed by atoms with van der Waals surface area (Å²) in [6, 6.07) is 0. The van der Waals surface area contributed by atoms with Gasteiger partial charge in [-0.2, -0.15) is 0 Å². The second-order valence-corrected chi connectivity index (χ2v) is 11.6. The molecule has 8 atom stereocenters. The van der Waals surface area contributed by atoms with E-state index in [1.165, 1.54) is 32.1 Å². The third-order valence-electron chi connectivity index (χ3n) is 10.3. The van der Waals surface area contributed by atoms with Gasteiger partial charge >= 0.3 is 5.97 Å². The quantitative estimate of drug-likeness (QED) is 0.392. The summed E-state index contributed by atoms with van der Waals surface area (Å²) in [5.74, 6) is 2.63. The van der Waals surface area contributed by atoms with E-state index in [4.69, 9.17) is 5.11 Å². The number of rotatable bonds is 6. The summed E-state index contributed by atoms with van der Waals surface area (Å²) in [7, 11) is 0. The van der Waals surface area contributed by atoms with Gasteiger partial charge in [-0.1, -0.05) is 38.5 Å². The Balaban J connectivity index is 1.46. The molecule has 3 saturated carbocycles. The van der Waals surface area contributed by atoms with Crippen LogP contribution in [0.15, 0.2) is 23.3 Å². The molecule has 0 amide bonds. The molecule has 4 nitrogen and oxygen atoms in total. The van der Waals surface area contributed by atoms with Gasteiger partial charge in [0.1, 0.15) is 0 Å². The maximum absolute atomic E-state index is 11.1. The van der Waals surface area contributed by atoms with E-state index >= 15 is 0 Å². The lowest BCUT2D eigenvalue weighted by atomic mass is 9.47. The highest BCUT2D eigenvalue weighted by Crippen LogP contribution is 2.67. The molecule has 0 saturated heterocycles. The Hall–Kier alpha value is -1.13. The molecule has 174 valence electrons. The molecule has 4 aliphatic rings. The fraction of sp³-hybridized carbons (Fsp3) is 0.815. The summed E-state index contributed by atoms with van der Waals surface area (Å²) in [5, 5.41) is 28.6. The Bertz CT molecular complexity index is 754. The zero-order valence-corrected chi connectivity index (χ0v) is 19.6. The summed E-state index contributed by atoms with van der Waals surface area (Å²) in [6.07, 6.45) is 15.3. The fourth-order valence-electron chi connectivity index (χ4n) is 8.56. The van der Waals surface area contributed by atoms with Gasteiger partial charge in [0, 0.05) is 0 Å². The zero-order valence-electron chi connectivity index (χ0n) is 19.6. The number of carbonyl (C=O) groups is 1. The standard InChI is InChI=1S/C27H42O4/c1-17(5-4-6-18(16-28)25(30)31)22-9-10-23-21-8-7-19-15-20(29)11-13-26(19,2)24(21)12-14-27(22,23)3/h6-7,17,20-24,28-29H,4-5,8-16H2,1-3H3,(H,30,31)/b18-6-/t17-,20?,21?,22?,23?,24?,26+,27?/m1/s1. The first kappa shape index (κ1) is 23.0.